The van der Waals surface area contributed by atoms with E-state index in [0.717, 1.165) is 18.2 Å². The Labute approximate surface area is 192 Å². The van der Waals surface area contributed by atoms with Crippen molar-refractivity contribution in [1.82, 2.24) is 9.38 Å². The lowest BCUT2D eigenvalue weighted by Crippen LogP contribution is -2.19. The first kappa shape index (κ1) is 22.2. The van der Waals surface area contributed by atoms with Gasteiger partial charge >= 0.3 is 0 Å². The van der Waals surface area contributed by atoms with Gasteiger partial charge in [0.15, 0.2) is 0 Å². The van der Waals surface area contributed by atoms with Crippen LogP contribution in [0.4, 0.5) is 4.39 Å². The van der Waals surface area contributed by atoms with Gasteiger partial charge in [-0.1, -0.05) is 17.7 Å². The van der Waals surface area contributed by atoms with Gasteiger partial charge in [0.2, 0.25) is 15.7 Å². The number of fused-ring (bicyclic) bond motifs is 1. The molecule has 2 heterocycles. The van der Waals surface area contributed by atoms with Crippen LogP contribution in [-0.4, -0.2) is 17.8 Å². The molecule has 0 atom stereocenters. The topological polar surface area (TPSA) is 102 Å². The zero-order chi connectivity index (χ0) is 23.6. The lowest BCUT2D eigenvalue weighted by Gasteiger charge is -2.10. The fraction of sp³-hybridized carbons (Fsp3) is 0. The summed E-state index contributed by atoms with van der Waals surface area (Å²) in [6, 6.07) is 16.7. The van der Waals surface area contributed by atoms with Crippen molar-refractivity contribution in [2.75, 3.05) is 0 Å². The number of ether oxygens (including phenoxy) is 1. The third kappa shape index (κ3) is 4.48. The zero-order valence-electron chi connectivity index (χ0n) is 16.6. The van der Waals surface area contributed by atoms with Crippen LogP contribution in [0, 0.1) is 17.1 Å². The molecule has 0 spiro atoms. The second-order valence-electron chi connectivity index (χ2n) is 6.70. The number of aromatic nitrogens is 2. The Morgan fingerprint density at radius 3 is 2.45 bits per heavy atom. The maximum Gasteiger partial charge on any atom is 0.269 e. The molecule has 0 radical (unpaired) electrons. The van der Waals surface area contributed by atoms with Crippen LogP contribution in [0.1, 0.15) is 5.56 Å². The van der Waals surface area contributed by atoms with E-state index in [2.05, 4.69) is 4.98 Å². The monoisotopic (exact) mass is 481 g/mol. The average Bonchev–Trinajstić information content (AvgIpc) is 2.80. The Morgan fingerprint density at radius 2 is 1.79 bits per heavy atom. The first-order valence-corrected chi connectivity index (χ1v) is 11.2. The van der Waals surface area contributed by atoms with E-state index in [1.807, 2.05) is 0 Å². The Morgan fingerprint density at radius 1 is 1.09 bits per heavy atom. The molecule has 164 valence electrons. The summed E-state index contributed by atoms with van der Waals surface area (Å²) in [7, 11) is -4.27. The van der Waals surface area contributed by atoms with Crippen LogP contribution in [0.5, 0.6) is 11.6 Å². The second kappa shape index (κ2) is 8.86. The third-order valence-electron chi connectivity index (χ3n) is 4.56. The second-order valence-corrected chi connectivity index (χ2v) is 9.05. The molecule has 0 unspecified atom stereocenters. The van der Waals surface area contributed by atoms with Crippen molar-refractivity contribution in [3.05, 3.63) is 105 Å². The molecule has 0 aliphatic rings. The molecule has 4 rings (SSSR count). The molecular weight excluding hydrogens is 469 g/mol. The smallest absolute Gasteiger partial charge is 0.269 e. The van der Waals surface area contributed by atoms with Gasteiger partial charge in [0, 0.05) is 11.2 Å². The number of rotatable bonds is 5. The highest BCUT2D eigenvalue weighted by atomic mass is 35.5. The maximum atomic E-state index is 13.3. The number of sulfone groups is 1. The molecule has 7 nitrogen and oxygen atoms in total. The number of pyridine rings is 1. The number of nitriles is 1. The highest BCUT2D eigenvalue weighted by Gasteiger charge is 2.23. The lowest BCUT2D eigenvalue weighted by molar-refractivity contribution is 0.459. The third-order valence-corrected chi connectivity index (χ3v) is 6.49. The van der Waals surface area contributed by atoms with E-state index in [4.69, 9.17) is 16.3 Å². The predicted octanol–water partition coefficient (Wildman–Crippen LogP) is 4.62. The van der Waals surface area contributed by atoms with Crippen molar-refractivity contribution >= 4 is 33.2 Å². The highest BCUT2D eigenvalue weighted by Crippen LogP contribution is 2.27. The van der Waals surface area contributed by atoms with Crippen LogP contribution in [0.25, 0.3) is 11.7 Å². The van der Waals surface area contributed by atoms with E-state index in [1.165, 1.54) is 47.0 Å². The molecule has 0 N–H and O–H groups in total. The average molecular weight is 482 g/mol. The molecule has 0 saturated carbocycles. The van der Waals surface area contributed by atoms with Crippen LogP contribution in [0.15, 0.2) is 87.5 Å². The van der Waals surface area contributed by atoms with Gasteiger partial charge in [0.05, 0.1) is 4.90 Å². The van der Waals surface area contributed by atoms with Crippen LogP contribution in [-0.2, 0) is 9.84 Å². The molecule has 0 aliphatic carbocycles. The fourth-order valence-corrected chi connectivity index (χ4v) is 4.21. The van der Waals surface area contributed by atoms with E-state index in [9.17, 15) is 22.9 Å². The number of hydrogen-bond acceptors (Lipinski definition) is 6. The van der Waals surface area contributed by atoms with Crippen molar-refractivity contribution in [3.63, 3.8) is 0 Å². The largest absolute Gasteiger partial charge is 0.438 e. The summed E-state index contributed by atoms with van der Waals surface area (Å²) in [6.45, 7) is 0. The first-order valence-electron chi connectivity index (χ1n) is 9.37. The minimum atomic E-state index is -4.27. The van der Waals surface area contributed by atoms with Crippen LogP contribution >= 0.6 is 11.6 Å². The SMILES string of the molecule is N#C/C(=C/c1c(Oc2ccc(F)cc2)nc2ccccn2c1=O)S(=O)(=O)c1ccc(Cl)cc1. The summed E-state index contributed by atoms with van der Waals surface area (Å²) in [6.07, 6.45) is 2.36. The quantitative estimate of drug-likeness (QED) is 0.385. The fourth-order valence-electron chi connectivity index (χ4n) is 2.94. The molecule has 33 heavy (non-hydrogen) atoms. The summed E-state index contributed by atoms with van der Waals surface area (Å²) in [5, 5.41) is 9.94. The van der Waals surface area contributed by atoms with Gasteiger partial charge in [-0.3, -0.25) is 9.20 Å². The van der Waals surface area contributed by atoms with Crippen molar-refractivity contribution in [2.45, 2.75) is 4.90 Å². The minimum Gasteiger partial charge on any atom is -0.438 e. The van der Waals surface area contributed by atoms with Gasteiger partial charge < -0.3 is 4.74 Å². The van der Waals surface area contributed by atoms with E-state index in [-0.39, 0.29) is 27.7 Å². The lowest BCUT2D eigenvalue weighted by atomic mass is 10.2. The highest BCUT2D eigenvalue weighted by molar-refractivity contribution is 7.95. The van der Waals surface area contributed by atoms with Crippen LogP contribution < -0.4 is 10.3 Å². The zero-order valence-corrected chi connectivity index (χ0v) is 18.2. The van der Waals surface area contributed by atoms with Gasteiger partial charge in [0.1, 0.15) is 33.8 Å². The molecule has 4 aromatic rings. The van der Waals surface area contributed by atoms with Gasteiger partial charge in [-0.25, -0.2) is 12.8 Å². The normalized spacial score (nSPS) is 11.8. The van der Waals surface area contributed by atoms with E-state index >= 15 is 0 Å². The number of allylic oxidation sites excluding steroid dienone is 1. The van der Waals surface area contributed by atoms with Crippen molar-refractivity contribution in [1.29, 1.82) is 5.26 Å². The Kier molecular flexibility index (Phi) is 5.96. The molecule has 0 aliphatic heterocycles. The number of nitrogens with zero attached hydrogens (tertiary/aromatic N) is 3. The Balaban J connectivity index is 1.92. The van der Waals surface area contributed by atoms with E-state index < -0.39 is 26.1 Å². The number of halogens is 2. The maximum absolute atomic E-state index is 13.3. The number of hydrogen-bond donors (Lipinski definition) is 0. The van der Waals surface area contributed by atoms with Gasteiger partial charge in [-0.05, 0) is 66.7 Å². The molecule has 10 heteroatoms. The van der Waals surface area contributed by atoms with E-state index in [0.29, 0.717) is 5.02 Å². The van der Waals surface area contributed by atoms with Crippen LogP contribution in [0.2, 0.25) is 5.02 Å². The summed E-state index contributed by atoms with van der Waals surface area (Å²) >= 11 is 5.82. The summed E-state index contributed by atoms with van der Waals surface area (Å²) in [4.78, 5) is 16.6. The predicted molar refractivity (Wildman–Crippen MR) is 120 cm³/mol. The molecule has 0 fully saturated rings. The Hall–Kier alpha value is -4.00. The minimum absolute atomic E-state index is 0.164. The molecule has 2 aromatic heterocycles. The van der Waals surface area contributed by atoms with Gasteiger partial charge in [-0.2, -0.15) is 10.2 Å². The summed E-state index contributed by atoms with van der Waals surface area (Å²) < 4.78 is 46.2. The number of benzene rings is 2. The van der Waals surface area contributed by atoms with Gasteiger partial charge in [-0.15, -0.1) is 0 Å². The van der Waals surface area contributed by atoms with Crippen molar-refractivity contribution < 1.29 is 17.5 Å². The first-order chi connectivity index (χ1) is 15.8. The van der Waals surface area contributed by atoms with Crippen LogP contribution in [0.3, 0.4) is 0 Å². The Bertz CT molecular complexity index is 1590. The summed E-state index contributed by atoms with van der Waals surface area (Å²) in [5.41, 5.74) is -0.690. The molecular formula is C23H13ClFN3O4S. The summed E-state index contributed by atoms with van der Waals surface area (Å²) in [5.74, 6) is -0.566. The molecule has 0 bridgehead atoms. The van der Waals surface area contributed by atoms with Crippen molar-refractivity contribution in [2.24, 2.45) is 0 Å². The van der Waals surface area contributed by atoms with E-state index in [1.54, 1.807) is 24.3 Å². The molecule has 0 saturated heterocycles. The molecule has 0 amide bonds. The van der Waals surface area contributed by atoms with Crippen molar-refractivity contribution in [3.8, 4) is 17.7 Å². The van der Waals surface area contributed by atoms with Gasteiger partial charge in [0.25, 0.3) is 5.56 Å². The standard InChI is InChI=1S/C23H13ClFN3O4S/c24-15-4-10-18(11-5-15)33(30,31)19(14-26)13-20-22(32-17-8-6-16(25)7-9-17)27-21-3-1-2-12-28(21)23(20)29/h1-13H/b19-13-. The molecule has 2 aromatic carbocycles.